The first-order chi connectivity index (χ1) is 20.9. The number of nitrogens with zero attached hydrogens (tertiary/aromatic N) is 4. The quantitative estimate of drug-likeness (QED) is 0.331. The Labute approximate surface area is 262 Å². The Hall–Kier alpha value is -3.47. The van der Waals surface area contributed by atoms with Crippen molar-refractivity contribution in [3.63, 3.8) is 0 Å². The minimum Gasteiger partial charge on any atom is -0.458 e. The number of ether oxygens (including phenoxy) is 2. The Bertz CT molecular complexity index is 1690. The number of halogens is 1. The van der Waals surface area contributed by atoms with Crippen LogP contribution in [-0.4, -0.2) is 68.7 Å². The van der Waals surface area contributed by atoms with Gasteiger partial charge in [-0.25, -0.2) is 14.6 Å². The zero-order valence-electron chi connectivity index (χ0n) is 25.3. The van der Waals surface area contributed by atoms with E-state index in [0.717, 1.165) is 40.4 Å². The number of benzene rings is 1. The number of esters is 1. The van der Waals surface area contributed by atoms with Crippen LogP contribution in [0.1, 0.15) is 79.9 Å². The molecule has 0 aliphatic carbocycles. The zero-order chi connectivity index (χ0) is 29.8. The van der Waals surface area contributed by atoms with Gasteiger partial charge in [0, 0.05) is 41.2 Å². The van der Waals surface area contributed by atoms with E-state index in [9.17, 15) is 19.5 Å². The number of amides is 1. The molecule has 0 spiro atoms. The van der Waals surface area contributed by atoms with Gasteiger partial charge in [0.1, 0.15) is 12.4 Å². The molecule has 44 heavy (non-hydrogen) atoms. The maximum atomic E-state index is 13.4. The lowest BCUT2D eigenvalue weighted by atomic mass is 9.93. The van der Waals surface area contributed by atoms with Crippen molar-refractivity contribution in [2.45, 2.75) is 84.1 Å². The Kier molecular flexibility index (Phi) is 8.43. The van der Waals surface area contributed by atoms with E-state index in [1.54, 1.807) is 10.6 Å². The first-order valence-corrected chi connectivity index (χ1v) is 15.7. The van der Waals surface area contributed by atoms with Crippen molar-refractivity contribution in [2.75, 3.05) is 26.2 Å². The van der Waals surface area contributed by atoms with Gasteiger partial charge in [-0.2, -0.15) is 0 Å². The SMILES string of the molecule is CCc1c(OC(=O)N2CCC(N3CCCCC3)CC2)ccc2nc3c(c(CC)c12)Cn1c-3cc2c(c1=O)COC(=O)C2O.Cl. The Morgan fingerprint density at radius 1 is 1.02 bits per heavy atom. The third-order valence-corrected chi connectivity index (χ3v) is 9.84. The molecular formula is C33H39ClN4O6. The third-order valence-electron chi connectivity index (χ3n) is 9.84. The fraction of sp³-hybridized carbons (Fsp3) is 0.515. The fourth-order valence-corrected chi connectivity index (χ4v) is 7.56. The van der Waals surface area contributed by atoms with Crippen molar-refractivity contribution in [3.8, 4) is 17.1 Å². The largest absolute Gasteiger partial charge is 0.458 e. The molecule has 1 aromatic carbocycles. The first-order valence-electron chi connectivity index (χ1n) is 15.7. The van der Waals surface area contributed by atoms with Gasteiger partial charge < -0.3 is 28.9 Å². The number of aromatic nitrogens is 2. The minimum absolute atomic E-state index is 0. The number of carbonyl (C=O) groups excluding carboxylic acids is 2. The number of hydrogen-bond acceptors (Lipinski definition) is 8. The molecule has 2 fully saturated rings. The molecule has 1 amide bonds. The highest BCUT2D eigenvalue weighted by Gasteiger charge is 2.35. The summed E-state index contributed by atoms with van der Waals surface area (Å²) in [5, 5.41) is 11.4. The minimum atomic E-state index is -1.49. The van der Waals surface area contributed by atoms with Crippen molar-refractivity contribution in [1.82, 2.24) is 19.4 Å². The monoisotopic (exact) mass is 622 g/mol. The second-order valence-electron chi connectivity index (χ2n) is 12.1. The number of rotatable bonds is 4. The maximum absolute atomic E-state index is 13.4. The van der Waals surface area contributed by atoms with Crippen LogP contribution in [0, 0.1) is 0 Å². The number of cyclic esters (lactones) is 1. The van der Waals surface area contributed by atoms with E-state index >= 15 is 0 Å². The van der Waals surface area contributed by atoms with Gasteiger partial charge in [0.15, 0.2) is 6.10 Å². The van der Waals surface area contributed by atoms with E-state index in [1.807, 2.05) is 17.0 Å². The molecule has 2 aromatic heterocycles. The second kappa shape index (κ2) is 12.1. The van der Waals surface area contributed by atoms with Crippen molar-refractivity contribution >= 4 is 35.4 Å². The average molecular weight is 623 g/mol. The van der Waals surface area contributed by atoms with Crippen LogP contribution >= 0.6 is 12.4 Å². The summed E-state index contributed by atoms with van der Waals surface area (Å²) in [6, 6.07) is 5.96. The molecule has 7 rings (SSSR count). The second-order valence-corrected chi connectivity index (χ2v) is 12.1. The van der Waals surface area contributed by atoms with Crippen LogP contribution in [0.25, 0.3) is 22.3 Å². The standard InChI is InChI=1S/C33H38N4O6.ClH/c1-3-20-23-17-37-26(16-22-24(31(37)39)18-42-32(40)30(22)38)29(23)34-25-8-9-27(21(4-2)28(20)25)43-33(41)36-14-10-19(11-15-36)35-12-6-5-7-13-35;/h8-9,16,19,30,38H,3-7,10-15,17-18H2,1-2H3;1H. The van der Waals surface area contributed by atoms with Gasteiger partial charge in [-0.3, -0.25) is 4.79 Å². The molecule has 10 nitrogen and oxygen atoms in total. The number of carbonyl (C=O) groups is 2. The molecule has 234 valence electrons. The van der Waals surface area contributed by atoms with Crippen LogP contribution in [0.2, 0.25) is 0 Å². The fourth-order valence-electron chi connectivity index (χ4n) is 7.56. The van der Waals surface area contributed by atoms with Gasteiger partial charge in [-0.05, 0) is 75.4 Å². The van der Waals surface area contributed by atoms with E-state index in [0.29, 0.717) is 61.2 Å². The number of aryl methyl sites for hydroxylation is 2. The van der Waals surface area contributed by atoms with E-state index < -0.39 is 12.1 Å². The maximum Gasteiger partial charge on any atom is 0.415 e. The van der Waals surface area contributed by atoms with Crippen LogP contribution in [0.15, 0.2) is 23.0 Å². The van der Waals surface area contributed by atoms with Crippen LogP contribution in [0.3, 0.4) is 0 Å². The predicted octanol–water partition coefficient (Wildman–Crippen LogP) is 4.51. The van der Waals surface area contributed by atoms with E-state index in [2.05, 4.69) is 18.7 Å². The molecule has 1 atom stereocenters. The zero-order valence-corrected chi connectivity index (χ0v) is 26.1. The molecule has 4 aliphatic heterocycles. The highest BCUT2D eigenvalue weighted by molar-refractivity contribution is 5.93. The number of pyridine rings is 2. The molecule has 0 radical (unpaired) electrons. The van der Waals surface area contributed by atoms with Gasteiger partial charge in [0.2, 0.25) is 0 Å². The number of fused-ring (bicyclic) bond motifs is 5. The van der Waals surface area contributed by atoms with Crippen LogP contribution in [0.4, 0.5) is 4.79 Å². The summed E-state index contributed by atoms with van der Waals surface area (Å²) in [5.41, 5.74) is 5.26. The highest BCUT2D eigenvalue weighted by atomic mass is 35.5. The molecule has 3 aromatic rings. The van der Waals surface area contributed by atoms with Crippen LogP contribution in [0.5, 0.6) is 5.75 Å². The van der Waals surface area contributed by atoms with E-state index in [-0.39, 0.29) is 36.2 Å². The number of hydrogen-bond donors (Lipinski definition) is 1. The normalized spacial score (nSPS) is 20.0. The molecule has 1 unspecified atom stereocenters. The van der Waals surface area contributed by atoms with Crippen molar-refractivity contribution < 1.29 is 24.2 Å². The average Bonchev–Trinajstić information content (AvgIpc) is 3.41. The lowest BCUT2D eigenvalue weighted by molar-refractivity contribution is -0.157. The molecule has 0 saturated carbocycles. The third kappa shape index (κ3) is 4.97. The van der Waals surface area contributed by atoms with E-state index in [4.69, 9.17) is 14.5 Å². The van der Waals surface area contributed by atoms with Gasteiger partial charge in [-0.1, -0.05) is 20.3 Å². The summed E-state index contributed by atoms with van der Waals surface area (Å²) in [5.74, 6) is -0.201. The number of aliphatic hydroxyl groups excluding tert-OH is 1. The van der Waals surface area contributed by atoms with Gasteiger partial charge in [0.25, 0.3) is 5.56 Å². The predicted molar refractivity (Wildman–Crippen MR) is 167 cm³/mol. The molecule has 6 heterocycles. The number of aliphatic hydroxyl groups is 1. The molecule has 2 saturated heterocycles. The number of likely N-dealkylation sites (tertiary alicyclic amines) is 2. The molecule has 4 aliphatic rings. The molecule has 0 bridgehead atoms. The Balaban J connectivity index is 0.00000343. The number of piperidine rings is 2. The summed E-state index contributed by atoms with van der Waals surface area (Å²) in [6.45, 7) is 8.05. The Morgan fingerprint density at radius 3 is 2.45 bits per heavy atom. The highest BCUT2D eigenvalue weighted by Crippen LogP contribution is 2.41. The first kappa shape index (κ1) is 30.6. The van der Waals surface area contributed by atoms with Gasteiger partial charge >= 0.3 is 12.1 Å². The van der Waals surface area contributed by atoms with E-state index in [1.165, 1.54) is 32.4 Å². The summed E-state index contributed by atoms with van der Waals surface area (Å²) < 4.78 is 12.8. The smallest absolute Gasteiger partial charge is 0.415 e. The summed E-state index contributed by atoms with van der Waals surface area (Å²) in [6.07, 6.45) is 5.36. The topological polar surface area (TPSA) is 114 Å². The molecule has 1 N–H and O–H groups in total. The van der Waals surface area contributed by atoms with Crippen molar-refractivity contribution in [1.29, 1.82) is 0 Å². The van der Waals surface area contributed by atoms with Crippen molar-refractivity contribution in [3.05, 3.63) is 56.4 Å². The van der Waals surface area contributed by atoms with Gasteiger partial charge in [-0.15, -0.1) is 12.4 Å². The lowest BCUT2D eigenvalue weighted by Crippen LogP contribution is -2.48. The molecule has 11 heteroatoms. The molecular weight excluding hydrogens is 584 g/mol. The Morgan fingerprint density at radius 2 is 1.75 bits per heavy atom. The summed E-state index contributed by atoms with van der Waals surface area (Å²) in [4.78, 5) is 48.2. The summed E-state index contributed by atoms with van der Waals surface area (Å²) >= 11 is 0. The van der Waals surface area contributed by atoms with Crippen molar-refractivity contribution in [2.24, 2.45) is 0 Å². The van der Waals surface area contributed by atoms with Crippen LogP contribution in [-0.2, 0) is 35.5 Å². The lowest BCUT2D eigenvalue weighted by Gasteiger charge is -2.39. The summed E-state index contributed by atoms with van der Waals surface area (Å²) in [7, 11) is 0. The van der Waals surface area contributed by atoms with Gasteiger partial charge in [0.05, 0.1) is 29.0 Å². The van der Waals surface area contributed by atoms with Crippen LogP contribution < -0.4 is 10.3 Å².